The van der Waals surface area contributed by atoms with Gasteiger partial charge in [0.25, 0.3) is 0 Å². The molecule has 0 saturated carbocycles. The molecule has 1 fully saturated rings. The second-order valence-corrected chi connectivity index (χ2v) is 9.74. The van der Waals surface area contributed by atoms with Crippen LogP contribution in [0, 0.1) is 0 Å². The summed E-state index contributed by atoms with van der Waals surface area (Å²) in [5.74, 6) is 1.16. The first-order chi connectivity index (χ1) is 16.0. The molecule has 3 aromatic rings. The van der Waals surface area contributed by atoms with E-state index in [0.717, 1.165) is 18.8 Å². The molecule has 0 radical (unpaired) electrons. The molecule has 1 aromatic heterocycles. The van der Waals surface area contributed by atoms with Gasteiger partial charge in [0.2, 0.25) is 5.91 Å². The number of anilines is 2. The van der Waals surface area contributed by atoms with Gasteiger partial charge in [-0.15, -0.1) is 10.2 Å². The van der Waals surface area contributed by atoms with Crippen LogP contribution < -0.4 is 15.0 Å². The highest BCUT2D eigenvalue weighted by Crippen LogP contribution is 2.26. The van der Waals surface area contributed by atoms with Crippen molar-refractivity contribution >= 4 is 40.6 Å². The highest BCUT2D eigenvalue weighted by atomic mass is 35.5. The summed E-state index contributed by atoms with van der Waals surface area (Å²) >= 11 is 7.49. The molecule has 174 valence electrons. The lowest BCUT2D eigenvalue weighted by Gasteiger charge is -2.28. The number of nitrogens with one attached hydrogen (secondary N) is 1. The van der Waals surface area contributed by atoms with Crippen molar-refractivity contribution in [1.29, 1.82) is 0 Å². The van der Waals surface area contributed by atoms with E-state index in [4.69, 9.17) is 16.3 Å². The maximum absolute atomic E-state index is 12.7. The topological polar surface area (TPSA) is 72.3 Å². The largest absolute Gasteiger partial charge is 0.484 e. The van der Waals surface area contributed by atoms with E-state index in [-0.39, 0.29) is 17.8 Å². The number of benzene rings is 2. The van der Waals surface area contributed by atoms with Crippen molar-refractivity contribution in [1.82, 2.24) is 14.8 Å². The van der Waals surface area contributed by atoms with E-state index >= 15 is 0 Å². The first-order valence-electron chi connectivity index (χ1n) is 11.1. The fraction of sp³-hybridized carbons (Fsp3) is 0.375. The van der Waals surface area contributed by atoms with Crippen molar-refractivity contribution in [2.24, 2.45) is 7.05 Å². The Balaban J connectivity index is 1.31. The van der Waals surface area contributed by atoms with Crippen LogP contribution in [0.4, 0.5) is 11.4 Å². The number of hydrogen-bond donors (Lipinski definition) is 1. The molecule has 1 N–H and O–H groups in total. The van der Waals surface area contributed by atoms with Crippen LogP contribution in [0.5, 0.6) is 5.75 Å². The number of piperidine rings is 1. The van der Waals surface area contributed by atoms with Gasteiger partial charge in [-0.1, -0.05) is 35.5 Å². The molecule has 4 rings (SSSR count). The van der Waals surface area contributed by atoms with Crippen molar-refractivity contribution in [2.45, 2.75) is 43.2 Å². The molecule has 1 aliphatic rings. The number of halogens is 1. The maximum atomic E-state index is 12.7. The lowest BCUT2D eigenvalue weighted by Crippen LogP contribution is -2.29. The SMILES string of the molecule is C[C@H](Sc1nnc(COc2ccccc2Cl)n1C)C(=O)Nc1ccc(N2CCCCC2)cc1. The van der Waals surface area contributed by atoms with Crippen LogP contribution in [0.15, 0.2) is 53.7 Å². The van der Waals surface area contributed by atoms with Gasteiger partial charge in [0, 0.05) is 31.5 Å². The zero-order valence-electron chi connectivity index (χ0n) is 18.8. The van der Waals surface area contributed by atoms with Crippen molar-refractivity contribution in [3.8, 4) is 5.75 Å². The first-order valence-corrected chi connectivity index (χ1v) is 12.3. The minimum absolute atomic E-state index is 0.0809. The standard InChI is InChI=1S/C24H28ClN5O2S/c1-17(23(31)26-18-10-12-19(13-11-18)30-14-6-3-7-15-30)33-24-28-27-22(29(24)2)16-32-21-9-5-4-8-20(21)25/h4-5,8-13,17H,3,6-7,14-16H2,1-2H3,(H,26,31)/t17-/m0/s1. The minimum atomic E-state index is -0.341. The van der Waals surface area contributed by atoms with E-state index in [1.54, 1.807) is 12.1 Å². The molecule has 7 nitrogen and oxygen atoms in total. The average molecular weight is 486 g/mol. The number of rotatable bonds is 8. The van der Waals surface area contributed by atoms with E-state index in [2.05, 4.69) is 32.5 Å². The van der Waals surface area contributed by atoms with E-state index in [0.29, 0.717) is 21.8 Å². The number of amides is 1. The number of ether oxygens (including phenoxy) is 1. The summed E-state index contributed by atoms with van der Waals surface area (Å²) in [6.07, 6.45) is 3.79. The Labute approximate surface area is 203 Å². The molecule has 1 atom stereocenters. The molecule has 1 aliphatic heterocycles. The monoisotopic (exact) mass is 485 g/mol. The highest BCUT2D eigenvalue weighted by Gasteiger charge is 2.20. The van der Waals surface area contributed by atoms with E-state index in [9.17, 15) is 4.79 Å². The number of carbonyl (C=O) groups is 1. The van der Waals surface area contributed by atoms with E-state index < -0.39 is 0 Å². The van der Waals surface area contributed by atoms with Crippen molar-refractivity contribution < 1.29 is 9.53 Å². The molecule has 0 bridgehead atoms. The number of aromatic nitrogens is 3. The highest BCUT2D eigenvalue weighted by molar-refractivity contribution is 8.00. The fourth-order valence-electron chi connectivity index (χ4n) is 3.64. The molecular formula is C24H28ClN5O2S. The molecule has 0 spiro atoms. The summed E-state index contributed by atoms with van der Waals surface area (Å²) < 4.78 is 7.59. The number of para-hydroxylation sites is 1. The Kier molecular flexibility index (Phi) is 7.77. The minimum Gasteiger partial charge on any atom is -0.484 e. The number of thioether (sulfide) groups is 1. The number of hydrogen-bond acceptors (Lipinski definition) is 6. The molecule has 2 aromatic carbocycles. The Hall–Kier alpha value is -2.71. The smallest absolute Gasteiger partial charge is 0.237 e. The van der Waals surface area contributed by atoms with Gasteiger partial charge in [-0.25, -0.2) is 0 Å². The average Bonchev–Trinajstić information content (AvgIpc) is 3.18. The predicted octanol–water partition coefficient (Wildman–Crippen LogP) is 5.16. The summed E-state index contributed by atoms with van der Waals surface area (Å²) in [4.78, 5) is 15.1. The normalized spacial score (nSPS) is 14.7. The fourth-order valence-corrected chi connectivity index (χ4v) is 4.66. The summed E-state index contributed by atoms with van der Waals surface area (Å²) in [6, 6.07) is 15.4. The van der Waals surface area contributed by atoms with Crippen LogP contribution in [-0.2, 0) is 18.4 Å². The van der Waals surface area contributed by atoms with Gasteiger partial charge in [0.1, 0.15) is 12.4 Å². The summed E-state index contributed by atoms with van der Waals surface area (Å²) in [5, 5.41) is 12.3. The van der Waals surface area contributed by atoms with Crippen LogP contribution in [-0.4, -0.2) is 39.0 Å². The van der Waals surface area contributed by atoms with Gasteiger partial charge >= 0.3 is 0 Å². The lowest BCUT2D eigenvalue weighted by atomic mass is 10.1. The van der Waals surface area contributed by atoms with Gasteiger partial charge < -0.3 is 19.5 Å². The van der Waals surface area contributed by atoms with Gasteiger partial charge in [-0.3, -0.25) is 4.79 Å². The number of carbonyl (C=O) groups excluding carboxylic acids is 1. The van der Waals surface area contributed by atoms with Crippen LogP contribution in [0.25, 0.3) is 0 Å². The molecule has 1 amide bonds. The van der Waals surface area contributed by atoms with Crippen molar-refractivity contribution in [3.05, 3.63) is 59.4 Å². The van der Waals surface area contributed by atoms with E-state index in [1.807, 2.05) is 42.8 Å². The Bertz CT molecular complexity index is 1080. The van der Waals surface area contributed by atoms with E-state index in [1.165, 1.54) is 36.7 Å². The lowest BCUT2D eigenvalue weighted by molar-refractivity contribution is -0.115. The van der Waals surface area contributed by atoms with Gasteiger partial charge in [0.05, 0.1) is 10.3 Å². The van der Waals surface area contributed by atoms with Crippen LogP contribution in [0.3, 0.4) is 0 Å². The third-order valence-electron chi connectivity index (χ3n) is 5.63. The predicted molar refractivity (Wildman–Crippen MR) is 133 cm³/mol. The Morgan fingerprint density at radius 3 is 2.58 bits per heavy atom. The molecule has 0 unspecified atom stereocenters. The van der Waals surface area contributed by atoms with Crippen LogP contribution in [0.1, 0.15) is 32.0 Å². The van der Waals surface area contributed by atoms with Crippen molar-refractivity contribution in [2.75, 3.05) is 23.3 Å². The summed E-state index contributed by atoms with van der Waals surface area (Å²) in [7, 11) is 1.86. The molecular weight excluding hydrogens is 458 g/mol. The van der Waals surface area contributed by atoms with Crippen molar-refractivity contribution in [3.63, 3.8) is 0 Å². The third-order valence-corrected chi connectivity index (χ3v) is 7.07. The quantitative estimate of drug-likeness (QED) is 0.444. The third kappa shape index (κ3) is 6.00. The van der Waals surface area contributed by atoms with Gasteiger partial charge in [-0.05, 0) is 62.6 Å². The van der Waals surface area contributed by atoms with Crippen LogP contribution >= 0.6 is 23.4 Å². The van der Waals surface area contributed by atoms with Gasteiger partial charge in [0.15, 0.2) is 11.0 Å². The molecule has 9 heteroatoms. The molecule has 2 heterocycles. The molecule has 1 saturated heterocycles. The zero-order valence-corrected chi connectivity index (χ0v) is 20.4. The maximum Gasteiger partial charge on any atom is 0.237 e. The molecule has 33 heavy (non-hydrogen) atoms. The molecule has 0 aliphatic carbocycles. The summed E-state index contributed by atoms with van der Waals surface area (Å²) in [5.41, 5.74) is 2.00. The Morgan fingerprint density at radius 1 is 1.12 bits per heavy atom. The second-order valence-electron chi connectivity index (χ2n) is 8.02. The van der Waals surface area contributed by atoms with Gasteiger partial charge in [-0.2, -0.15) is 0 Å². The first kappa shape index (κ1) is 23.4. The summed E-state index contributed by atoms with van der Waals surface area (Å²) in [6.45, 7) is 4.29. The van der Waals surface area contributed by atoms with Crippen LogP contribution in [0.2, 0.25) is 5.02 Å². The zero-order chi connectivity index (χ0) is 23.2. The Morgan fingerprint density at radius 2 is 1.85 bits per heavy atom. The second kappa shape index (κ2) is 10.9. The number of nitrogens with zero attached hydrogens (tertiary/aromatic N) is 4.